The van der Waals surface area contributed by atoms with E-state index in [0.717, 1.165) is 5.69 Å². The van der Waals surface area contributed by atoms with Gasteiger partial charge in [-0.05, 0) is 32.0 Å². The van der Waals surface area contributed by atoms with Gasteiger partial charge in [-0.1, -0.05) is 16.8 Å². The van der Waals surface area contributed by atoms with E-state index in [0.29, 0.717) is 17.1 Å². The molecule has 1 aromatic rings. The molecule has 18 heavy (non-hydrogen) atoms. The number of rotatable bonds is 4. The Morgan fingerprint density at radius 3 is 2.61 bits per heavy atom. The molecular formula is C12H18ClN3O2. The predicted octanol–water partition coefficient (Wildman–Crippen LogP) is 1.64. The molecule has 0 spiro atoms. The molecule has 0 bridgehead atoms. The van der Waals surface area contributed by atoms with Crippen LogP contribution in [0.15, 0.2) is 23.4 Å². The average Bonchev–Trinajstić information content (AvgIpc) is 2.25. The molecule has 6 heteroatoms. The summed E-state index contributed by atoms with van der Waals surface area (Å²) in [5.41, 5.74) is 6.03. The fourth-order valence-corrected chi connectivity index (χ4v) is 1.94. The number of nitrogens with zero attached hydrogens (tertiary/aromatic N) is 2. The van der Waals surface area contributed by atoms with Crippen molar-refractivity contribution in [3.05, 3.63) is 28.8 Å². The Balaban J connectivity index is 3.16. The first-order chi connectivity index (χ1) is 8.24. The van der Waals surface area contributed by atoms with Crippen LogP contribution in [0.1, 0.15) is 19.4 Å². The minimum atomic E-state index is -0.850. The largest absolute Gasteiger partial charge is 0.409 e. The summed E-state index contributed by atoms with van der Waals surface area (Å²) in [4.78, 5) is 1.82. The third-order valence-corrected chi connectivity index (χ3v) is 2.61. The molecule has 5 nitrogen and oxygen atoms in total. The summed E-state index contributed by atoms with van der Waals surface area (Å²) in [6.45, 7) is 3.82. The normalized spacial score (nSPS) is 12.6. The summed E-state index contributed by atoms with van der Waals surface area (Å²) < 4.78 is 0. The highest BCUT2D eigenvalue weighted by atomic mass is 35.5. The van der Waals surface area contributed by atoms with Crippen molar-refractivity contribution < 1.29 is 10.3 Å². The predicted molar refractivity (Wildman–Crippen MR) is 73.5 cm³/mol. The summed E-state index contributed by atoms with van der Waals surface area (Å²) in [7, 11) is 1.81. The van der Waals surface area contributed by atoms with E-state index < -0.39 is 5.60 Å². The maximum atomic E-state index is 9.81. The Kier molecular flexibility index (Phi) is 4.43. The lowest BCUT2D eigenvalue weighted by molar-refractivity contribution is 0.0886. The van der Waals surface area contributed by atoms with Crippen LogP contribution in [0, 0.1) is 0 Å². The monoisotopic (exact) mass is 271 g/mol. The molecule has 0 aliphatic carbocycles. The van der Waals surface area contributed by atoms with Gasteiger partial charge >= 0.3 is 0 Å². The van der Waals surface area contributed by atoms with Gasteiger partial charge in [-0.3, -0.25) is 0 Å². The van der Waals surface area contributed by atoms with Gasteiger partial charge in [0, 0.05) is 29.9 Å². The summed E-state index contributed by atoms with van der Waals surface area (Å²) in [5, 5.41) is 22.1. The maximum absolute atomic E-state index is 9.81. The average molecular weight is 272 g/mol. The van der Waals surface area contributed by atoms with Crippen LogP contribution in [0.5, 0.6) is 0 Å². The van der Waals surface area contributed by atoms with E-state index in [-0.39, 0.29) is 5.84 Å². The van der Waals surface area contributed by atoms with Crippen molar-refractivity contribution in [1.82, 2.24) is 0 Å². The van der Waals surface area contributed by atoms with Crippen molar-refractivity contribution in [3.8, 4) is 0 Å². The number of aliphatic hydroxyl groups is 1. The number of likely N-dealkylation sites (N-methyl/N-ethyl adjacent to an activating group) is 1. The van der Waals surface area contributed by atoms with Crippen molar-refractivity contribution in [2.24, 2.45) is 10.9 Å². The molecule has 0 radical (unpaired) electrons. The molecular weight excluding hydrogens is 254 g/mol. The second-order valence-electron chi connectivity index (χ2n) is 4.82. The zero-order valence-electron chi connectivity index (χ0n) is 10.7. The minimum Gasteiger partial charge on any atom is -0.409 e. The lowest BCUT2D eigenvalue weighted by Gasteiger charge is -2.28. The number of nitrogens with two attached hydrogens (primary N) is 1. The Labute approximate surface area is 111 Å². The smallest absolute Gasteiger partial charge is 0.172 e. The van der Waals surface area contributed by atoms with Gasteiger partial charge in [0.2, 0.25) is 0 Å². The molecule has 0 fully saturated rings. The van der Waals surface area contributed by atoms with Crippen molar-refractivity contribution in [2.75, 3.05) is 18.5 Å². The highest BCUT2D eigenvalue weighted by molar-refractivity contribution is 6.31. The van der Waals surface area contributed by atoms with Gasteiger partial charge < -0.3 is 20.9 Å². The standard InChI is InChI=1S/C12H18ClN3O2/c1-12(2,17)7-16(3)10-5-4-8(13)6-9(10)11(14)15-18/h4-6,17-18H,7H2,1-3H3,(H2,14,15). The maximum Gasteiger partial charge on any atom is 0.172 e. The Hall–Kier alpha value is -1.46. The van der Waals surface area contributed by atoms with E-state index >= 15 is 0 Å². The second kappa shape index (κ2) is 5.46. The molecule has 0 atom stereocenters. The first kappa shape index (κ1) is 14.6. The molecule has 1 rings (SSSR count). The molecule has 0 heterocycles. The molecule has 0 saturated heterocycles. The number of anilines is 1. The van der Waals surface area contributed by atoms with Crippen molar-refractivity contribution in [1.29, 1.82) is 0 Å². The first-order valence-corrected chi connectivity index (χ1v) is 5.83. The third-order valence-electron chi connectivity index (χ3n) is 2.38. The van der Waals surface area contributed by atoms with E-state index in [2.05, 4.69) is 5.16 Å². The van der Waals surface area contributed by atoms with Gasteiger partial charge in [-0.15, -0.1) is 0 Å². The number of halogens is 1. The van der Waals surface area contributed by atoms with Gasteiger partial charge in [0.15, 0.2) is 5.84 Å². The summed E-state index contributed by atoms with van der Waals surface area (Å²) in [5.74, 6) is -0.0184. The quantitative estimate of drug-likeness (QED) is 0.337. The third kappa shape index (κ3) is 3.78. The molecule has 0 aromatic heterocycles. The van der Waals surface area contributed by atoms with E-state index in [9.17, 15) is 5.11 Å². The number of benzene rings is 1. The zero-order valence-corrected chi connectivity index (χ0v) is 11.4. The number of amidine groups is 1. The summed E-state index contributed by atoms with van der Waals surface area (Å²) in [6.07, 6.45) is 0. The molecule has 4 N–H and O–H groups in total. The zero-order chi connectivity index (χ0) is 13.9. The van der Waals surface area contributed by atoms with E-state index in [1.54, 1.807) is 32.0 Å². The van der Waals surface area contributed by atoms with Crippen LogP contribution < -0.4 is 10.6 Å². The molecule has 1 aromatic carbocycles. The van der Waals surface area contributed by atoms with Crippen molar-refractivity contribution >= 4 is 23.1 Å². The Morgan fingerprint density at radius 2 is 2.11 bits per heavy atom. The second-order valence-corrected chi connectivity index (χ2v) is 5.25. The molecule has 100 valence electrons. The fraction of sp³-hybridized carbons (Fsp3) is 0.417. The molecule has 0 amide bonds. The van der Waals surface area contributed by atoms with Crippen molar-refractivity contribution in [3.63, 3.8) is 0 Å². The summed E-state index contributed by atoms with van der Waals surface area (Å²) >= 11 is 5.90. The van der Waals surface area contributed by atoms with E-state index in [4.69, 9.17) is 22.5 Å². The first-order valence-electron chi connectivity index (χ1n) is 5.45. The number of hydrogen-bond donors (Lipinski definition) is 3. The Morgan fingerprint density at radius 1 is 1.50 bits per heavy atom. The summed E-state index contributed by atoms with van der Waals surface area (Å²) in [6, 6.07) is 5.10. The minimum absolute atomic E-state index is 0.0184. The van der Waals surface area contributed by atoms with Crippen molar-refractivity contribution in [2.45, 2.75) is 19.4 Å². The SMILES string of the molecule is CN(CC(C)(C)O)c1ccc(Cl)cc1C(N)=NO. The lowest BCUT2D eigenvalue weighted by Crippen LogP contribution is -2.37. The molecule has 0 aliphatic rings. The highest BCUT2D eigenvalue weighted by Crippen LogP contribution is 2.24. The highest BCUT2D eigenvalue weighted by Gasteiger charge is 2.19. The van der Waals surface area contributed by atoms with Crippen LogP contribution in [0.4, 0.5) is 5.69 Å². The lowest BCUT2D eigenvalue weighted by atomic mass is 10.1. The molecule has 0 unspecified atom stereocenters. The van der Waals surface area contributed by atoms with Crippen LogP contribution in [0.2, 0.25) is 5.02 Å². The number of oxime groups is 1. The Bertz CT molecular complexity index is 455. The van der Waals surface area contributed by atoms with Gasteiger partial charge in [0.1, 0.15) is 0 Å². The van der Waals surface area contributed by atoms with Crippen LogP contribution in [-0.4, -0.2) is 35.3 Å². The van der Waals surface area contributed by atoms with E-state index in [1.807, 2.05) is 11.9 Å². The van der Waals surface area contributed by atoms with Gasteiger partial charge in [-0.25, -0.2) is 0 Å². The number of hydrogen-bond acceptors (Lipinski definition) is 4. The van der Waals surface area contributed by atoms with E-state index in [1.165, 1.54) is 0 Å². The fourth-order valence-electron chi connectivity index (χ4n) is 1.77. The van der Waals surface area contributed by atoms with Gasteiger partial charge in [-0.2, -0.15) is 0 Å². The van der Waals surface area contributed by atoms with Crippen LogP contribution in [-0.2, 0) is 0 Å². The molecule has 0 aliphatic heterocycles. The van der Waals surface area contributed by atoms with Gasteiger partial charge in [0.25, 0.3) is 0 Å². The van der Waals surface area contributed by atoms with Crippen LogP contribution in [0.3, 0.4) is 0 Å². The van der Waals surface area contributed by atoms with Crippen LogP contribution >= 0.6 is 11.6 Å². The van der Waals surface area contributed by atoms with Crippen LogP contribution in [0.25, 0.3) is 0 Å². The molecule has 0 saturated carbocycles. The van der Waals surface area contributed by atoms with Gasteiger partial charge in [0.05, 0.1) is 5.60 Å². The topological polar surface area (TPSA) is 82.1 Å².